The summed E-state index contributed by atoms with van der Waals surface area (Å²) in [5.41, 5.74) is 6.45. The fraction of sp³-hybridized carbons (Fsp3) is 0.364. The van der Waals surface area contributed by atoms with Crippen molar-refractivity contribution >= 4 is 23.2 Å². The number of ether oxygens (including phenoxy) is 1. The summed E-state index contributed by atoms with van der Waals surface area (Å²) >= 11 is 5.96. The van der Waals surface area contributed by atoms with Gasteiger partial charge in [0, 0.05) is 6.61 Å². The molecule has 2 rings (SSSR count). The Kier molecular flexibility index (Phi) is 3.31. The SMILES string of the molecule is Nc1cccc(C(=O)NC2CCOC2)c1Cl. The van der Waals surface area contributed by atoms with E-state index in [1.807, 2.05) is 0 Å². The van der Waals surface area contributed by atoms with E-state index < -0.39 is 0 Å². The summed E-state index contributed by atoms with van der Waals surface area (Å²) in [4.78, 5) is 11.9. The van der Waals surface area contributed by atoms with Gasteiger partial charge in [-0.25, -0.2) is 0 Å². The molecule has 3 N–H and O–H groups in total. The van der Waals surface area contributed by atoms with Gasteiger partial charge in [0.05, 0.1) is 28.9 Å². The normalized spacial score (nSPS) is 19.7. The van der Waals surface area contributed by atoms with E-state index in [0.29, 0.717) is 29.5 Å². The maximum absolute atomic E-state index is 11.9. The molecule has 1 unspecified atom stereocenters. The molecule has 0 spiro atoms. The third kappa shape index (κ3) is 2.28. The molecule has 1 heterocycles. The first-order chi connectivity index (χ1) is 7.68. The van der Waals surface area contributed by atoms with Crippen LogP contribution in [0.5, 0.6) is 0 Å². The van der Waals surface area contributed by atoms with Gasteiger partial charge in [0.2, 0.25) is 0 Å². The van der Waals surface area contributed by atoms with Crippen molar-refractivity contribution in [2.24, 2.45) is 0 Å². The molecule has 1 fully saturated rings. The molecule has 1 saturated heterocycles. The molecule has 0 bridgehead atoms. The number of rotatable bonds is 2. The smallest absolute Gasteiger partial charge is 0.253 e. The molecule has 86 valence electrons. The van der Waals surface area contributed by atoms with Crippen LogP contribution in [0.25, 0.3) is 0 Å². The van der Waals surface area contributed by atoms with Gasteiger partial charge in [-0.15, -0.1) is 0 Å². The van der Waals surface area contributed by atoms with Gasteiger partial charge < -0.3 is 15.8 Å². The highest BCUT2D eigenvalue weighted by Gasteiger charge is 2.20. The number of amides is 1. The monoisotopic (exact) mass is 240 g/mol. The summed E-state index contributed by atoms with van der Waals surface area (Å²) in [5, 5.41) is 3.16. The van der Waals surface area contributed by atoms with Crippen LogP contribution in [-0.4, -0.2) is 25.2 Å². The van der Waals surface area contributed by atoms with Gasteiger partial charge in [0.1, 0.15) is 0 Å². The molecule has 0 aromatic heterocycles. The number of hydrogen-bond donors (Lipinski definition) is 2. The zero-order valence-corrected chi connectivity index (χ0v) is 9.46. The summed E-state index contributed by atoms with van der Waals surface area (Å²) < 4.78 is 5.18. The number of carbonyl (C=O) groups excluding carboxylic acids is 1. The summed E-state index contributed by atoms with van der Waals surface area (Å²) in [5.74, 6) is -0.201. The predicted octanol–water partition coefficient (Wildman–Crippen LogP) is 1.44. The fourth-order valence-electron chi connectivity index (χ4n) is 1.64. The molecular weight excluding hydrogens is 228 g/mol. The number of nitrogens with one attached hydrogen (secondary N) is 1. The Hall–Kier alpha value is -1.26. The van der Waals surface area contributed by atoms with Gasteiger partial charge in [-0.1, -0.05) is 17.7 Å². The van der Waals surface area contributed by atoms with Crippen molar-refractivity contribution in [2.75, 3.05) is 18.9 Å². The second-order valence-corrected chi connectivity index (χ2v) is 4.12. The third-order valence-corrected chi connectivity index (χ3v) is 2.96. The minimum atomic E-state index is -0.201. The van der Waals surface area contributed by atoms with Crippen molar-refractivity contribution in [1.82, 2.24) is 5.32 Å². The topological polar surface area (TPSA) is 64.4 Å². The zero-order chi connectivity index (χ0) is 11.5. The Morgan fingerprint density at radius 1 is 1.56 bits per heavy atom. The molecule has 1 aliphatic heterocycles. The largest absolute Gasteiger partial charge is 0.398 e. The Morgan fingerprint density at radius 3 is 3.06 bits per heavy atom. The molecule has 0 radical (unpaired) electrons. The number of hydrogen-bond acceptors (Lipinski definition) is 3. The average Bonchev–Trinajstić information content (AvgIpc) is 2.74. The van der Waals surface area contributed by atoms with Gasteiger partial charge in [-0.2, -0.15) is 0 Å². The van der Waals surface area contributed by atoms with Crippen molar-refractivity contribution in [3.8, 4) is 0 Å². The molecule has 1 aromatic rings. The van der Waals surface area contributed by atoms with Gasteiger partial charge in [-0.05, 0) is 18.6 Å². The average molecular weight is 241 g/mol. The molecule has 0 saturated carbocycles. The lowest BCUT2D eigenvalue weighted by atomic mass is 10.1. The molecule has 1 aliphatic rings. The second kappa shape index (κ2) is 4.72. The van der Waals surface area contributed by atoms with E-state index in [9.17, 15) is 4.79 Å². The zero-order valence-electron chi connectivity index (χ0n) is 8.70. The van der Waals surface area contributed by atoms with E-state index in [-0.39, 0.29) is 11.9 Å². The van der Waals surface area contributed by atoms with Gasteiger partial charge in [-0.3, -0.25) is 4.79 Å². The van der Waals surface area contributed by atoms with Crippen LogP contribution >= 0.6 is 11.6 Å². The number of halogens is 1. The minimum absolute atomic E-state index is 0.0741. The highest BCUT2D eigenvalue weighted by Crippen LogP contribution is 2.23. The molecule has 0 aliphatic carbocycles. The van der Waals surface area contributed by atoms with E-state index in [1.54, 1.807) is 18.2 Å². The molecular formula is C11H13ClN2O2. The van der Waals surface area contributed by atoms with Crippen LogP contribution < -0.4 is 11.1 Å². The summed E-state index contributed by atoms with van der Waals surface area (Å²) in [6.07, 6.45) is 0.839. The van der Waals surface area contributed by atoms with Crippen molar-refractivity contribution in [1.29, 1.82) is 0 Å². The molecule has 16 heavy (non-hydrogen) atoms. The van der Waals surface area contributed by atoms with Crippen molar-refractivity contribution in [3.05, 3.63) is 28.8 Å². The lowest BCUT2D eigenvalue weighted by molar-refractivity contribution is 0.0930. The number of nitrogens with two attached hydrogens (primary N) is 1. The quantitative estimate of drug-likeness (QED) is 0.769. The molecule has 1 aromatic carbocycles. The minimum Gasteiger partial charge on any atom is -0.398 e. The molecule has 5 heteroatoms. The Morgan fingerprint density at radius 2 is 2.38 bits per heavy atom. The Balaban J connectivity index is 2.11. The Bertz CT molecular complexity index is 403. The van der Waals surface area contributed by atoms with Crippen LogP contribution in [0.3, 0.4) is 0 Å². The maximum atomic E-state index is 11.9. The van der Waals surface area contributed by atoms with Crippen molar-refractivity contribution < 1.29 is 9.53 Å². The van der Waals surface area contributed by atoms with Crippen LogP contribution in [0.1, 0.15) is 16.8 Å². The first-order valence-electron chi connectivity index (χ1n) is 5.11. The van der Waals surface area contributed by atoms with Gasteiger partial charge in [0.25, 0.3) is 5.91 Å². The van der Waals surface area contributed by atoms with Gasteiger partial charge in [0.15, 0.2) is 0 Å². The van der Waals surface area contributed by atoms with E-state index in [1.165, 1.54) is 0 Å². The third-order valence-electron chi connectivity index (χ3n) is 2.54. The van der Waals surface area contributed by atoms with Crippen LogP contribution in [0.4, 0.5) is 5.69 Å². The van der Waals surface area contributed by atoms with E-state index in [4.69, 9.17) is 22.1 Å². The highest BCUT2D eigenvalue weighted by atomic mass is 35.5. The van der Waals surface area contributed by atoms with Crippen molar-refractivity contribution in [2.45, 2.75) is 12.5 Å². The number of carbonyl (C=O) groups is 1. The number of anilines is 1. The van der Waals surface area contributed by atoms with Crippen LogP contribution in [0, 0.1) is 0 Å². The van der Waals surface area contributed by atoms with E-state index in [2.05, 4.69) is 5.32 Å². The second-order valence-electron chi connectivity index (χ2n) is 3.74. The fourth-order valence-corrected chi connectivity index (χ4v) is 1.85. The number of nitrogen functional groups attached to an aromatic ring is 1. The predicted molar refractivity (Wildman–Crippen MR) is 62.6 cm³/mol. The summed E-state index contributed by atoms with van der Waals surface area (Å²) in [7, 11) is 0. The van der Waals surface area contributed by atoms with Gasteiger partial charge >= 0.3 is 0 Å². The van der Waals surface area contributed by atoms with Crippen LogP contribution in [0.15, 0.2) is 18.2 Å². The van der Waals surface area contributed by atoms with Crippen LogP contribution in [0.2, 0.25) is 5.02 Å². The van der Waals surface area contributed by atoms with Crippen LogP contribution in [-0.2, 0) is 4.74 Å². The first-order valence-corrected chi connectivity index (χ1v) is 5.49. The van der Waals surface area contributed by atoms with E-state index in [0.717, 1.165) is 6.42 Å². The Labute approximate surface area is 98.7 Å². The standard InChI is InChI=1S/C11H13ClN2O2/c12-10-8(2-1-3-9(10)13)11(15)14-7-4-5-16-6-7/h1-3,7H,4-6,13H2,(H,14,15). The first kappa shape index (κ1) is 11.2. The highest BCUT2D eigenvalue weighted by molar-refractivity contribution is 6.36. The summed E-state index contributed by atoms with van der Waals surface area (Å²) in [6.45, 7) is 1.25. The number of benzene rings is 1. The molecule has 4 nitrogen and oxygen atoms in total. The summed E-state index contributed by atoms with van der Waals surface area (Å²) in [6, 6.07) is 5.10. The lowest BCUT2D eigenvalue weighted by Crippen LogP contribution is -2.35. The van der Waals surface area contributed by atoms with Crippen molar-refractivity contribution in [3.63, 3.8) is 0 Å². The van der Waals surface area contributed by atoms with E-state index >= 15 is 0 Å². The lowest BCUT2D eigenvalue weighted by Gasteiger charge is -2.12. The molecule has 1 amide bonds. The maximum Gasteiger partial charge on any atom is 0.253 e. The molecule has 1 atom stereocenters.